The van der Waals surface area contributed by atoms with Gasteiger partial charge in [-0.15, -0.1) is 0 Å². The molecule has 0 spiro atoms. The van der Waals surface area contributed by atoms with Gasteiger partial charge in [0.15, 0.2) is 0 Å². The van der Waals surface area contributed by atoms with E-state index in [-0.39, 0.29) is 5.82 Å². The first kappa shape index (κ1) is 17.0. The molecule has 0 fully saturated rings. The molecule has 0 aliphatic heterocycles. The molecule has 1 heterocycles. The molecule has 5 N–H and O–H groups in total. The van der Waals surface area contributed by atoms with Gasteiger partial charge in [0.25, 0.3) is 5.08 Å². The topological polar surface area (TPSA) is 174 Å². The minimum Gasteiger partial charge on any atom is -0.367 e. The maximum atomic E-state index is 11.2. The van der Waals surface area contributed by atoms with Crippen LogP contribution in [0.3, 0.4) is 0 Å². The second-order valence-corrected chi connectivity index (χ2v) is 8.43. The lowest BCUT2D eigenvalue weighted by Crippen LogP contribution is -2.31. The van der Waals surface area contributed by atoms with Gasteiger partial charge < -0.3 is 29.2 Å². The lowest BCUT2D eigenvalue weighted by atomic mass is 10.2. The van der Waals surface area contributed by atoms with Gasteiger partial charge in [0.2, 0.25) is 11.7 Å². The van der Waals surface area contributed by atoms with Crippen LogP contribution in [0.1, 0.15) is 5.89 Å². The molecule has 2 rings (SSSR count). The molecular formula is C10H12N2O8P2. The molecule has 10 nitrogen and oxygen atoms in total. The molecule has 0 atom stereocenters. The van der Waals surface area contributed by atoms with Crippen LogP contribution in [0, 0.1) is 0 Å². The van der Waals surface area contributed by atoms with Crippen LogP contribution in [0.2, 0.25) is 0 Å². The zero-order valence-corrected chi connectivity index (χ0v) is 12.6. The fraction of sp³-hybridized carbons (Fsp3) is 0.200. The predicted molar refractivity (Wildman–Crippen MR) is 72.5 cm³/mol. The molecule has 120 valence electrons. The first-order valence-corrected chi connectivity index (χ1v) is 8.99. The second kappa shape index (κ2) is 5.68. The summed E-state index contributed by atoms with van der Waals surface area (Å²) in [5.41, 5.74) is 0.522. The number of rotatable bonds is 5. The highest BCUT2D eigenvalue weighted by atomic mass is 31.2. The largest absolute Gasteiger partial charge is 0.370 e. The molecule has 0 aliphatic carbocycles. The van der Waals surface area contributed by atoms with E-state index < -0.39 is 32.6 Å². The van der Waals surface area contributed by atoms with Gasteiger partial charge in [-0.1, -0.05) is 35.5 Å². The Labute approximate surface area is 123 Å². The average molecular weight is 350 g/mol. The Balaban J connectivity index is 2.36. The van der Waals surface area contributed by atoms with Gasteiger partial charge >= 0.3 is 15.2 Å². The molecule has 0 unspecified atom stereocenters. The highest BCUT2D eigenvalue weighted by molar-refractivity contribution is 7.72. The number of aliphatic hydroxyl groups is 1. The van der Waals surface area contributed by atoms with Crippen molar-refractivity contribution in [3.05, 3.63) is 36.2 Å². The number of nitrogens with zero attached hydrogens (tertiary/aromatic N) is 2. The zero-order valence-electron chi connectivity index (χ0n) is 10.8. The fourth-order valence-electron chi connectivity index (χ4n) is 1.61. The van der Waals surface area contributed by atoms with E-state index in [2.05, 4.69) is 10.1 Å². The Bertz CT molecular complexity index is 727. The quantitative estimate of drug-likeness (QED) is 0.471. The Kier molecular flexibility index (Phi) is 4.38. The van der Waals surface area contributed by atoms with Crippen LogP contribution in [-0.2, 0) is 15.6 Å². The molecule has 1 aromatic heterocycles. The number of benzene rings is 1. The third-order valence-corrected chi connectivity index (χ3v) is 6.57. The Hall–Kier alpha value is -1.38. The van der Waals surface area contributed by atoms with E-state index in [0.717, 1.165) is 0 Å². The SMILES string of the molecule is O=P(O)(O)C(O)(Cc1nc(-c2ccccc2)no1)P(=O)(O)O. The molecule has 2 aromatic rings. The van der Waals surface area contributed by atoms with E-state index in [1.54, 1.807) is 30.3 Å². The van der Waals surface area contributed by atoms with E-state index in [9.17, 15) is 14.2 Å². The van der Waals surface area contributed by atoms with Crippen molar-refractivity contribution in [3.63, 3.8) is 0 Å². The number of hydrogen-bond acceptors (Lipinski definition) is 6. The molecular weight excluding hydrogens is 338 g/mol. The van der Waals surface area contributed by atoms with Gasteiger partial charge in [0.05, 0.1) is 6.42 Å². The van der Waals surface area contributed by atoms with Gasteiger partial charge in [-0.3, -0.25) is 9.13 Å². The van der Waals surface area contributed by atoms with Crippen LogP contribution in [0.25, 0.3) is 11.4 Å². The molecule has 0 aliphatic rings. The highest BCUT2D eigenvalue weighted by Crippen LogP contribution is 2.68. The maximum absolute atomic E-state index is 11.2. The Morgan fingerprint density at radius 3 is 2.09 bits per heavy atom. The molecule has 22 heavy (non-hydrogen) atoms. The summed E-state index contributed by atoms with van der Waals surface area (Å²) in [6, 6.07) is 8.38. The number of aromatic nitrogens is 2. The third kappa shape index (κ3) is 3.18. The van der Waals surface area contributed by atoms with Crippen LogP contribution in [0.15, 0.2) is 34.9 Å². The summed E-state index contributed by atoms with van der Waals surface area (Å²) in [4.78, 5) is 39.9. The number of hydrogen-bond donors (Lipinski definition) is 5. The van der Waals surface area contributed by atoms with Crippen LogP contribution in [0.4, 0.5) is 0 Å². The van der Waals surface area contributed by atoms with E-state index in [1.807, 2.05) is 0 Å². The molecule has 0 radical (unpaired) electrons. The molecule has 1 aromatic carbocycles. The molecule has 0 amide bonds. The summed E-state index contributed by atoms with van der Waals surface area (Å²) in [5, 5.41) is 9.67. The Morgan fingerprint density at radius 2 is 1.59 bits per heavy atom. The summed E-state index contributed by atoms with van der Waals surface area (Å²) in [7, 11) is -11.1. The van der Waals surface area contributed by atoms with Gasteiger partial charge in [0, 0.05) is 5.56 Å². The average Bonchev–Trinajstić information content (AvgIpc) is 2.85. The monoisotopic (exact) mass is 350 g/mol. The minimum atomic E-state index is -5.57. The van der Waals surface area contributed by atoms with Crippen molar-refractivity contribution >= 4 is 15.2 Å². The summed E-state index contributed by atoms with van der Waals surface area (Å²) in [5.74, 6) is -0.470. The predicted octanol–water partition coefficient (Wildman–Crippen LogP) is 0.281. The Morgan fingerprint density at radius 1 is 1.05 bits per heavy atom. The molecule has 0 saturated heterocycles. The molecule has 0 saturated carbocycles. The van der Waals surface area contributed by atoms with E-state index in [1.165, 1.54) is 0 Å². The normalized spacial score (nSPS) is 13.3. The first-order chi connectivity index (χ1) is 10.0. The third-order valence-electron chi connectivity index (χ3n) is 2.82. The van der Waals surface area contributed by atoms with Gasteiger partial charge in [-0.2, -0.15) is 4.98 Å². The fourth-order valence-corrected chi connectivity index (χ4v) is 3.65. The van der Waals surface area contributed by atoms with Crippen LogP contribution in [0.5, 0.6) is 0 Å². The standard InChI is InChI=1S/C10H12N2O8P2/c13-10(21(14,15)16,22(17,18)19)6-8-11-9(12-20-8)7-4-2-1-3-5-7/h1-5,13H,6H2,(H2,14,15,16)(H2,17,18,19). The summed E-state index contributed by atoms with van der Waals surface area (Å²) < 4.78 is 27.2. The van der Waals surface area contributed by atoms with Gasteiger partial charge in [-0.25, -0.2) is 0 Å². The van der Waals surface area contributed by atoms with E-state index in [4.69, 9.17) is 24.1 Å². The van der Waals surface area contributed by atoms with Crippen LogP contribution in [-0.4, -0.2) is 39.9 Å². The summed E-state index contributed by atoms with van der Waals surface area (Å²) in [6.45, 7) is 0. The first-order valence-electron chi connectivity index (χ1n) is 5.76. The molecule has 0 bridgehead atoms. The van der Waals surface area contributed by atoms with Gasteiger partial charge in [0.1, 0.15) is 0 Å². The zero-order chi connectivity index (χ0) is 16.6. The lowest BCUT2D eigenvalue weighted by molar-refractivity contribution is 0.122. The highest BCUT2D eigenvalue weighted by Gasteiger charge is 2.60. The lowest BCUT2D eigenvalue weighted by Gasteiger charge is -2.27. The smallest absolute Gasteiger partial charge is 0.367 e. The maximum Gasteiger partial charge on any atom is 0.370 e. The van der Waals surface area contributed by atoms with E-state index in [0.29, 0.717) is 5.56 Å². The van der Waals surface area contributed by atoms with Crippen molar-refractivity contribution in [2.45, 2.75) is 11.5 Å². The van der Waals surface area contributed by atoms with Crippen molar-refractivity contribution in [2.24, 2.45) is 0 Å². The van der Waals surface area contributed by atoms with Crippen molar-refractivity contribution in [1.82, 2.24) is 10.1 Å². The van der Waals surface area contributed by atoms with E-state index >= 15 is 0 Å². The van der Waals surface area contributed by atoms with Crippen molar-refractivity contribution in [1.29, 1.82) is 0 Å². The second-order valence-electron chi connectivity index (χ2n) is 4.42. The minimum absolute atomic E-state index is 0.0503. The van der Waals surface area contributed by atoms with Crippen molar-refractivity contribution in [3.8, 4) is 11.4 Å². The van der Waals surface area contributed by atoms with Gasteiger partial charge in [-0.05, 0) is 0 Å². The van der Waals surface area contributed by atoms with Crippen LogP contribution < -0.4 is 0 Å². The molecule has 12 heteroatoms. The van der Waals surface area contributed by atoms with Crippen LogP contribution >= 0.6 is 15.2 Å². The summed E-state index contributed by atoms with van der Waals surface area (Å²) in [6.07, 6.45) is -1.19. The summed E-state index contributed by atoms with van der Waals surface area (Å²) >= 11 is 0. The van der Waals surface area contributed by atoms with Crippen molar-refractivity contribution < 1.29 is 38.3 Å². The van der Waals surface area contributed by atoms with Crippen molar-refractivity contribution in [2.75, 3.05) is 0 Å².